The lowest BCUT2D eigenvalue weighted by Crippen LogP contribution is -2.32. The van der Waals surface area contributed by atoms with E-state index < -0.39 is 17.6 Å². The van der Waals surface area contributed by atoms with Crippen LogP contribution >= 0.6 is 0 Å². The molecule has 1 heterocycles. The predicted molar refractivity (Wildman–Crippen MR) is 72.2 cm³/mol. The SMILES string of the molecule is Cc1cnc(F)cc1C=CCNC(=O)OC(C)(C)C. The molecule has 1 N–H and O–H groups in total. The molecule has 1 amide bonds. The van der Waals surface area contributed by atoms with Crippen LogP contribution in [0.25, 0.3) is 6.08 Å². The Hall–Kier alpha value is -1.91. The lowest BCUT2D eigenvalue weighted by atomic mass is 10.1. The van der Waals surface area contributed by atoms with Crippen molar-refractivity contribution in [3.8, 4) is 0 Å². The van der Waals surface area contributed by atoms with Gasteiger partial charge in [-0.2, -0.15) is 4.39 Å². The van der Waals surface area contributed by atoms with Gasteiger partial charge < -0.3 is 10.1 Å². The number of alkyl carbamates (subject to hydrolysis) is 1. The van der Waals surface area contributed by atoms with E-state index in [0.29, 0.717) is 6.54 Å². The number of nitrogens with one attached hydrogen (secondary N) is 1. The average molecular weight is 266 g/mol. The van der Waals surface area contributed by atoms with Gasteiger partial charge >= 0.3 is 6.09 Å². The molecule has 0 aliphatic heterocycles. The van der Waals surface area contributed by atoms with Crippen LogP contribution in [0.1, 0.15) is 31.9 Å². The Kier molecular flexibility index (Phi) is 5.03. The van der Waals surface area contributed by atoms with Crippen LogP contribution in [0.3, 0.4) is 0 Å². The van der Waals surface area contributed by atoms with Gasteiger partial charge in [0.2, 0.25) is 5.95 Å². The van der Waals surface area contributed by atoms with E-state index >= 15 is 0 Å². The molecule has 0 saturated heterocycles. The number of pyridine rings is 1. The molecule has 1 aromatic rings. The summed E-state index contributed by atoms with van der Waals surface area (Å²) in [6, 6.07) is 1.35. The second-order valence-corrected chi connectivity index (χ2v) is 5.15. The van der Waals surface area contributed by atoms with Crippen LogP contribution in [-0.4, -0.2) is 23.2 Å². The second-order valence-electron chi connectivity index (χ2n) is 5.15. The maximum absolute atomic E-state index is 12.9. The van der Waals surface area contributed by atoms with Crippen molar-refractivity contribution in [2.75, 3.05) is 6.54 Å². The molecule has 0 unspecified atom stereocenters. The summed E-state index contributed by atoms with van der Waals surface area (Å²) in [5, 5.41) is 2.59. The minimum absolute atomic E-state index is 0.318. The van der Waals surface area contributed by atoms with Crippen LogP contribution < -0.4 is 5.32 Å². The van der Waals surface area contributed by atoms with Crippen molar-refractivity contribution >= 4 is 12.2 Å². The van der Waals surface area contributed by atoms with E-state index in [1.54, 1.807) is 32.9 Å². The fourth-order valence-corrected chi connectivity index (χ4v) is 1.33. The van der Waals surface area contributed by atoms with E-state index in [9.17, 15) is 9.18 Å². The van der Waals surface area contributed by atoms with Crippen molar-refractivity contribution in [2.45, 2.75) is 33.3 Å². The number of carbonyl (C=O) groups is 1. The number of ether oxygens (including phenoxy) is 1. The van der Waals surface area contributed by atoms with Crippen LogP contribution in [0.2, 0.25) is 0 Å². The Morgan fingerprint density at radius 3 is 2.84 bits per heavy atom. The van der Waals surface area contributed by atoms with E-state index in [2.05, 4.69) is 10.3 Å². The van der Waals surface area contributed by atoms with E-state index in [0.717, 1.165) is 11.1 Å². The molecule has 0 atom stereocenters. The highest BCUT2D eigenvalue weighted by molar-refractivity contribution is 5.68. The zero-order valence-electron chi connectivity index (χ0n) is 11.7. The lowest BCUT2D eigenvalue weighted by Gasteiger charge is -2.19. The summed E-state index contributed by atoms with van der Waals surface area (Å²) in [7, 11) is 0. The van der Waals surface area contributed by atoms with Gasteiger partial charge in [0.1, 0.15) is 5.60 Å². The molecule has 104 valence electrons. The standard InChI is InChI=1S/C14H19FN2O2/c1-10-9-17-12(15)8-11(10)6-5-7-16-13(18)19-14(2,3)4/h5-6,8-9H,7H2,1-4H3,(H,16,18). The fourth-order valence-electron chi connectivity index (χ4n) is 1.33. The highest BCUT2D eigenvalue weighted by Gasteiger charge is 2.14. The number of rotatable bonds is 3. The van der Waals surface area contributed by atoms with Gasteiger partial charge in [-0.1, -0.05) is 12.2 Å². The van der Waals surface area contributed by atoms with Crippen molar-refractivity contribution in [3.63, 3.8) is 0 Å². The van der Waals surface area contributed by atoms with E-state index in [1.807, 2.05) is 6.92 Å². The number of amides is 1. The Balaban J connectivity index is 2.47. The summed E-state index contributed by atoms with van der Waals surface area (Å²) in [6.07, 6.45) is 4.45. The zero-order valence-corrected chi connectivity index (χ0v) is 11.7. The number of aromatic nitrogens is 1. The molecule has 0 spiro atoms. The minimum atomic E-state index is -0.523. The lowest BCUT2D eigenvalue weighted by molar-refractivity contribution is 0.0534. The van der Waals surface area contributed by atoms with Crippen LogP contribution in [0, 0.1) is 12.9 Å². The maximum Gasteiger partial charge on any atom is 0.407 e. The Morgan fingerprint density at radius 1 is 1.53 bits per heavy atom. The average Bonchev–Trinajstić information content (AvgIpc) is 2.26. The number of halogens is 1. The van der Waals surface area contributed by atoms with Gasteiger partial charge in [-0.05, 0) is 38.8 Å². The molecule has 0 saturated carbocycles. The molecule has 5 heteroatoms. The normalized spacial score (nSPS) is 11.6. The van der Waals surface area contributed by atoms with E-state index in [4.69, 9.17) is 4.74 Å². The van der Waals surface area contributed by atoms with Crippen molar-refractivity contribution in [2.24, 2.45) is 0 Å². The van der Waals surface area contributed by atoms with Crippen LogP contribution in [0.4, 0.5) is 9.18 Å². The molecule has 4 nitrogen and oxygen atoms in total. The van der Waals surface area contributed by atoms with Crippen molar-refractivity contribution in [1.82, 2.24) is 10.3 Å². The van der Waals surface area contributed by atoms with Crippen LogP contribution in [-0.2, 0) is 4.74 Å². The van der Waals surface area contributed by atoms with Crippen LogP contribution in [0.15, 0.2) is 18.3 Å². The first-order chi connectivity index (χ1) is 8.78. The van der Waals surface area contributed by atoms with Gasteiger partial charge in [-0.25, -0.2) is 9.78 Å². The molecule has 0 aliphatic rings. The largest absolute Gasteiger partial charge is 0.444 e. The van der Waals surface area contributed by atoms with Gasteiger partial charge in [0.15, 0.2) is 0 Å². The molecular formula is C14H19FN2O2. The first-order valence-electron chi connectivity index (χ1n) is 6.03. The molecule has 19 heavy (non-hydrogen) atoms. The third kappa shape index (κ3) is 5.99. The summed E-state index contributed by atoms with van der Waals surface area (Å²) >= 11 is 0. The molecule has 0 radical (unpaired) electrons. The van der Waals surface area contributed by atoms with Crippen molar-refractivity contribution < 1.29 is 13.9 Å². The number of hydrogen-bond acceptors (Lipinski definition) is 3. The molecule has 0 aliphatic carbocycles. The first kappa shape index (κ1) is 15.1. The first-order valence-corrected chi connectivity index (χ1v) is 6.03. The molecule has 1 rings (SSSR count). The second kappa shape index (κ2) is 6.31. The molecule has 0 aromatic carbocycles. The summed E-state index contributed by atoms with van der Waals surface area (Å²) in [4.78, 5) is 14.9. The zero-order chi connectivity index (χ0) is 14.5. The predicted octanol–water partition coefficient (Wildman–Crippen LogP) is 3.07. The third-order valence-corrected chi connectivity index (χ3v) is 2.17. The number of aryl methyl sites for hydroxylation is 1. The van der Waals surface area contributed by atoms with E-state index in [-0.39, 0.29) is 0 Å². The topological polar surface area (TPSA) is 51.2 Å². The van der Waals surface area contributed by atoms with Crippen molar-refractivity contribution in [1.29, 1.82) is 0 Å². The Morgan fingerprint density at radius 2 is 2.21 bits per heavy atom. The molecule has 1 aromatic heterocycles. The van der Waals surface area contributed by atoms with E-state index in [1.165, 1.54) is 12.3 Å². The van der Waals surface area contributed by atoms with Crippen molar-refractivity contribution in [3.05, 3.63) is 35.4 Å². The summed E-state index contributed by atoms with van der Waals surface area (Å²) in [5.74, 6) is -0.523. The summed E-state index contributed by atoms with van der Waals surface area (Å²) in [5.41, 5.74) is 1.09. The van der Waals surface area contributed by atoms with Crippen LogP contribution in [0.5, 0.6) is 0 Å². The fraction of sp³-hybridized carbons (Fsp3) is 0.429. The highest BCUT2D eigenvalue weighted by atomic mass is 19.1. The molecule has 0 fully saturated rings. The highest BCUT2D eigenvalue weighted by Crippen LogP contribution is 2.09. The number of carbonyl (C=O) groups excluding carboxylic acids is 1. The smallest absolute Gasteiger partial charge is 0.407 e. The summed E-state index contributed by atoms with van der Waals surface area (Å²) < 4.78 is 18.0. The van der Waals surface area contributed by atoms with Gasteiger partial charge in [0, 0.05) is 18.8 Å². The molecular weight excluding hydrogens is 247 g/mol. The third-order valence-electron chi connectivity index (χ3n) is 2.17. The monoisotopic (exact) mass is 266 g/mol. The van der Waals surface area contributed by atoms with Gasteiger partial charge in [-0.3, -0.25) is 0 Å². The maximum atomic E-state index is 12.9. The summed E-state index contributed by atoms with van der Waals surface area (Å²) in [6.45, 7) is 7.55. The van der Waals surface area contributed by atoms with Gasteiger partial charge in [0.25, 0.3) is 0 Å². The Labute approximate surface area is 112 Å². The molecule has 0 bridgehead atoms. The van der Waals surface area contributed by atoms with Gasteiger partial charge in [0.05, 0.1) is 0 Å². The quantitative estimate of drug-likeness (QED) is 0.855. The van der Waals surface area contributed by atoms with Gasteiger partial charge in [-0.15, -0.1) is 0 Å². The Bertz CT molecular complexity index is 479. The number of nitrogens with zero attached hydrogens (tertiary/aromatic N) is 1. The minimum Gasteiger partial charge on any atom is -0.444 e. The number of hydrogen-bond donors (Lipinski definition) is 1.